The van der Waals surface area contributed by atoms with Crippen molar-refractivity contribution in [3.63, 3.8) is 0 Å². The van der Waals surface area contributed by atoms with Crippen LogP contribution in [0, 0.1) is 11.7 Å². The third kappa shape index (κ3) is 4.01. The van der Waals surface area contributed by atoms with Crippen LogP contribution in [-0.2, 0) is 14.9 Å². The fourth-order valence-electron chi connectivity index (χ4n) is 5.08. The van der Waals surface area contributed by atoms with Crippen LogP contribution in [0.3, 0.4) is 0 Å². The summed E-state index contributed by atoms with van der Waals surface area (Å²) in [5.41, 5.74) is 1.000. The maximum absolute atomic E-state index is 14.2. The first-order chi connectivity index (χ1) is 14.6. The Morgan fingerprint density at radius 3 is 2.20 bits per heavy atom. The zero-order valence-corrected chi connectivity index (χ0v) is 17.7. The quantitative estimate of drug-likeness (QED) is 0.729. The molecule has 2 saturated heterocycles. The van der Waals surface area contributed by atoms with Gasteiger partial charge in [0, 0.05) is 32.7 Å². The van der Waals surface area contributed by atoms with Crippen molar-refractivity contribution >= 4 is 5.91 Å². The van der Waals surface area contributed by atoms with Crippen LogP contribution in [0.5, 0.6) is 0 Å². The predicted octanol–water partition coefficient (Wildman–Crippen LogP) is 3.70. The number of carbonyl (C=O) groups excluding carboxylic acids is 1. The molecule has 0 aliphatic carbocycles. The first-order valence-electron chi connectivity index (χ1n) is 11.0. The van der Waals surface area contributed by atoms with Crippen LogP contribution in [0.15, 0.2) is 54.6 Å². The van der Waals surface area contributed by atoms with E-state index in [1.807, 2.05) is 35.2 Å². The van der Waals surface area contributed by atoms with Crippen molar-refractivity contribution in [3.05, 3.63) is 71.5 Å². The second-order valence-corrected chi connectivity index (χ2v) is 8.49. The van der Waals surface area contributed by atoms with Crippen LogP contribution < -0.4 is 0 Å². The van der Waals surface area contributed by atoms with Gasteiger partial charge in [-0.1, -0.05) is 49.4 Å². The molecule has 2 heterocycles. The van der Waals surface area contributed by atoms with Crippen molar-refractivity contribution in [2.24, 2.45) is 5.92 Å². The van der Waals surface area contributed by atoms with Gasteiger partial charge in [-0.15, -0.1) is 0 Å². The summed E-state index contributed by atoms with van der Waals surface area (Å²) >= 11 is 0. The van der Waals surface area contributed by atoms with E-state index in [-0.39, 0.29) is 17.6 Å². The first-order valence-corrected chi connectivity index (χ1v) is 11.0. The maximum Gasteiger partial charge on any atom is 0.238 e. The minimum atomic E-state index is -0.850. The third-order valence-electron chi connectivity index (χ3n) is 6.63. The smallest absolute Gasteiger partial charge is 0.238 e. The number of hydrogen-bond acceptors (Lipinski definition) is 3. The maximum atomic E-state index is 14.2. The number of ether oxygens (including phenoxy) is 1. The number of carbonyl (C=O) groups is 1. The zero-order valence-electron chi connectivity index (χ0n) is 17.7. The van der Waals surface area contributed by atoms with Gasteiger partial charge in [-0.2, -0.15) is 0 Å². The molecule has 5 heteroatoms. The summed E-state index contributed by atoms with van der Waals surface area (Å²) in [7, 11) is 0. The van der Waals surface area contributed by atoms with Gasteiger partial charge in [-0.05, 0) is 42.0 Å². The number of amides is 1. The topological polar surface area (TPSA) is 32.8 Å². The Labute approximate surface area is 178 Å². The van der Waals surface area contributed by atoms with Crippen molar-refractivity contribution in [3.8, 4) is 0 Å². The van der Waals surface area contributed by atoms with E-state index in [0.29, 0.717) is 0 Å². The Morgan fingerprint density at radius 2 is 1.57 bits per heavy atom. The molecule has 4 nitrogen and oxygen atoms in total. The van der Waals surface area contributed by atoms with Gasteiger partial charge < -0.3 is 9.64 Å². The summed E-state index contributed by atoms with van der Waals surface area (Å²) in [6.07, 6.45) is 2.08. The fraction of sp³-hybridized carbons (Fsp3) is 0.480. The van der Waals surface area contributed by atoms with Crippen LogP contribution in [0.1, 0.15) is 30.9 Å². The summed E-state index contributed by atoms with van der Waals surface area (Å²) in [6, 6.07) is 16.6. The largest absolute Gasteiger partial charge is 0.379 e. The van der Waals surface area contributed by atoms with Gasteiger partial charge in [0.25, 0.3) is 0 Å². The van der Waals surface area contributed by atoms with Crippen LogP contribution in [0.25, 0.3) is 0 Å². The van der Waals surface area contributed by atoms with Gasteiger partial charge >= 0.3 is 0 Å². The molecule has 0 bridgehead atoms. The number of benzene rings is 2. The van der Waals surface area contributed by atoms with E-state index < -0.39 is 5.41 Å². The van der Waals surface area contributed by atoms with Crippen LogP contribution >= 0.6 is 0 Å². The molecule has 160 valence electrons. The van der Waals surface area contributed by atoms with E-state index in [9.17, 15) is 9.18 Å². The van der Waals surface area contributed by atoms with E-state index in [2.05, 4.69) is 11.8 Å². The van der Waals surface area contributed by atoms with Crippen molar-refractivity contribution in [2.75, 3.05) is 45.9 Å². The molecule has 0 N–H and O–H groups in total. The number of likely N-dealkylation sites (tertiary alicyclic amines) is 1. The molecular weight excluding hydrogens is 378 g/mol. The highest BCUT2D eigenvalue weighted by atomic mass is 18.2. The van der Waals surface area contributed by atoms with Crippen molar-refractivity contribution in [2.45, 2.75) is 25.2 Å². The number of nitrogens with zero attached hydrogens (tertiary/aromatic N) is 2. The molecule has 0 spiro atoms. The van der Waals surface area contributed by atoms with Crippen LogP contribution in [-0.4, -0.2) is 61.6 Å². The molecule has 0 saturated carbocycles. The molecule has 1 unspecified atom stereocenters. The molecular formula is C25H31FN2O2. The molecule has 2 aromatic carbocycles. The van der Waals surface area contributed by atoms with Crippen molar-refractivity contribution in [1.29, 1.82) is 0 Å². The lowest BCUT2D eigenvalue weighted by molar-refractivity contribution is -0.137. The highest BCUT2D eigenvalue weighted by Crippen LogP contribution is 2.42. The molecule has 0 aromatic heterocycles. The summed E-state index contributed by atoms with van der Waals surface area (Å²) in [5, 5.41) is 0. The molecule has 2 atom stereocenters. The number of halogens is 1. The van der Waals surface area contributed by atoms with Gasteiger partial charge in [0.05, 0.1) is 13.2 Å². The monoisotopic (exact) mass is 409 g/mol. The fourth-order valence-corrected chi connectivity index (χ4v) is 5.08. The van der Waals surface area contributed by atoms with Gasteiger partial charge in [0.15, 0.2) is 0 Å². The molecule has 1 amide bonds. The number of hydrogen-bond donors (Lipinski definition) is 0. The second kappa shape index (κ2) is 9.27. The van der Waals surface area contributed by atoms with Gasteiger partial charge in [0.2, 0.25) is 5.91 Å². The van der Waals surface area contributed by atoms with Gasteiger partial charge in [-0.3, -0.25) is 9.69 Å². The predicted molar refractivity (Wildman–Crippen MR) is 116 cm³/mol. The normalized spacial score (nSPS) is 20.7. The number of rotatable bonds is 6. The Hall–Kier alpha value is -2.24. The summed E-state index contributed by atoms with van der Waals surface area (Å²) in [6.45, 7) is 7.73. The van der Waals surface area contributed by atoms with Gasteiger partial charge in [-0.25, -0.2) is 4.39 Å². The molecule has 2 aliphatic rings. The van der Waals surface area contributed by atoms with Crippen molar-refractivity contribution in [1.82, 2.24) is 9.80 Å². The Kier molecular flexibility index (Phi) is 6.49. The molecule has 2 fully saturated rings. The molecule has 30 heavy (non-hydrogen) atoms. The van der Waals surface area contributed by atoms with E-state index in [4.69, 9.17) is 4.74 Å². The summed E-state index contributed by atoms with van der Waals surface area (Å²) < 4.78 is 19.4. The molecule has 0 radical (unpaired) electrons. The lowest BCUT2D eigenvalue weighted by atomic mass is 9.65. The summed E-state index contributed by atoms with van der Waals surface area (Å²) in [5.74, 6) is -0.134. The summed E-state index contributed by atoms with van der Waals surface area (Å²) in [4.78, 5) is 18.6. The average Bonchev–Trinajstić information content (AvgIpc) is 3.32. The lowest BCUT2D eigenvalue weighted by Gasteiger charge is -2.43. The minimum Gasteiger partial charge on any atom is -0.379 e. The molecule has 2 aliphatic heterocycles. The highest BCUT2D eigenvalue weighted by Gasteiger charge is 2.49. The average molecular weight is 410 g/mol. The molecule has 4 rings (SSSR count). The lowest BCUT2D eigenvalue weighted by Crippen LogP contribution is -2.54. The SMILES string of the molecule is C[C@H](CN1CCOCC1)C(C(=O)N1CCCC1)(c1ccccc1)c1ccc([18F])cc1. The van der Waals surface area contributed by atoms with E-state index in [1.165, 1.54) is 12.1 Å². The number of morpholine rings is 1. The minimum absolute atomic E-state index is 0.0107. The van der Waals surface area contributed by atoms with E-state index >= 15 is 0 Å². The van der Waals surface area contributed by atoms with Crippen LogP contribution in [0.2, 0.25) is 0 Å². The Morgan fingerprint density at radius 1 is 0.967 bits per heavy atom. The Bertz CT molecular complexity index is 830. The highest BCUT2D eigenvalue weighted by molar-refractivity contribution is 5.92. The van der Waals surface area contributed by atoms with Crippen molar-refractivity contribution < 1.29 is 13.9 Å². The standard InChI is InChI=1S/C25H31FN2O2/c1-20(19-27-15-17-30-18-16-27)25(21-7-3-2-4-8-21,22-9-11-23(26)12-10-22)24(29)28-13-5-6-14-28/h2-4,7-12,20H,5-6,13-19H2,1H3/t20-,25?/m1/s1/i26-1. The first kappa shape index (κ1) is 21.0. The zero-order chi connectivity index (χ0) is 21.0. The van der Waals surface area contributed by atoms with E-state index in [0.717, 1.165) is 69.9 Å². The van der Waals surface area contributed by atoms with E-state index in [1.54, 1.807) is 12.1 Å². The van der Waals surface area contributed by atoms with Gasteiger partial charge in [0.1, 0.15) is 11.2 Å². The van der Waals surface area contributed by atoms with Crippen LogP contribution in [0.4, 0.5) is 4.39 Å². The molecule has 2 aromatic rings. The third-order valence-corrected chi connectivity index (χ3v) is 6.63. The second-order valence-electron chi connectivity index (χ2n) is 8.49. The Balaban J connectivity index is 1.83.